The van der Waals surface area contributed by atoms with Crippen molar-refractivity contribution >= 4 is 44.1 Å². The summed E-state index contributed by atoms with van der Waals surface area (Å²) in [4.78, 5) is 34.9. The van der Waals surface area contributed by atoms with Gasteiger partial charge in [-0.15, -0.1) is 0 Å². The van der Waals surface area contributed by atoms with Crippen LogP contribution in [0.2, 0.25) is 5.02 Å². The molecule has 204 valence electrons. The lowest BCUT2D eigenvalue weighted by Gasteiger charge is -2.36. The first-order valence-electron chi connectivity index (χ1n) is 12.4. The summed E-state index contributed by atoms with van der Waals surface area (Å²) >= 11 is 6.24. The number of anilines is 1. The van der Waals surface area contributed by atoms with E-state index in [-0.39, 0.29) is 17.3 Å². The van der Waals surface area contributed by atoms with Gasteiger partial charge in [-0.2, -0.15) is 5.26 Å². The van der Waals surface area contributed by atoms with E-state index in [0.29, 0.717) is 47.8 Å². The van der Waals surface area contributed by atoms with Crippen LogP contribution in [-0.4, -0.2) is 59.5 Å². The van der Waals surface area contributed by atoms with Crippen molar-refractivity contribution in [3.05, 3.63) is 101 Å². The molecule has 1 amide bonds. The summed E-state index contributed by atoms with van der Waals surface area (Å²) < 4.78 is 29.6. The number of nitriles is 1. The van der Waals surface area contributed by atoms with Crippen LogP contribution in [0.4, 0.5) is 5.69 Å². The Balaban J connectivity index is 1.47. The van der Waals surface area contributed by atoms with E-state index in [0.717, 1.165) is 10.3 Å². The highest BCUT2D eigenvalue weighted by Crippen LogP contribution is 2.29. The molecule has 4 aromatic rings. The van der Waals surface area contributed by atoms with Gasteiger partial charge in [-0.3, -0.25) is 18.9 Å². The number of rotatable bonds is 7. The van der Waals surface area contributed by atoms with Crippen LogP contribution < -0.4 is 10.6 Å². The van der Waals surface area contributed by atoms with Gasteiger partial charge in [-0.05, 0) is 54.6 Å². The van der Waals surface area contributed by atoms with E-state index in [2.05, 4.69) is 16.5 Å². The number of amides is 1. The molecule has 0 saturated carbocycles. The van der Waals surface area contributed by atoms with Crippen LogP contribution in [0.25, 0.3) is 11.0 Å². The Morgan fingerprint density at radius 1 is 1.05 bits per heavy atom. The smallest absolute Gasteiger partial charge is 0.331 e. The van der Waals surface area contributed by atoms with Gasteiger partial charge in [0.1, 0.15) is 6.54 Å². The first-order chi connectivity index (χ1) is 19.2. The maximum atomic E-state index is 13.8. The average molecular weight is 577 g/mol. The molecule has 5 rings (SSSR count). The van der Waals surface area contributed by atoms with Gasteiger partial charge in [0.2, 0.25) is 15.7 Å². The maximum absolute atomic E-state index is 13.8. The Hall–Kier alpha value is -4.40. The Bertz CT molecular complexity index is 1780. The Morgan fingerprint density at radius 2 is 1.73 bits per heavy atom. The van der Waals surface area contributed by atoms with Crippen molar-refractivity contribution in [3.63, 3.8) is 0 Å². The molecule has 2 aromatic carbocycles. The normalized spacial score (nSPS) is 14.6. The number of aromatic nitrogens is 3. The summed E-state index contributed by atoms with van der Waals surface area (Å²) in [6.45, 7) is 5.60. The van der Waals surface area contributed by atoms with Crippen LogP contribution in [0.5, 0.6) is 0 Å². The first kappa shape index (κ1) is 27.2. The molecule has 1 saturated heterocycles. The van der Waals surface area contributed by atoms with Crippen molar-refractivity contribution in [3.8, 4) is 6.07 Å². The summed E-state index contributed by atoms with van der Waals surface area (Å²) in [6, 6.07) is 15.9. The number of piperazine rings is 1. The zero-order valence-electron chi connectivity index (χ0n) is 21.4. The maximum Gasteiger partial charge on any atom is 0.331 e. The van der Waals surface area contributed by atoms with Gasteiger partial charge in [0.15, 0.2) is 5.37 Å². The predicted molar refractivity (Wildman–Crippen MR) is 152 cm³/mol. The van der Waals surface area contributed by atoms with Gasteiger partial charge in [0, 0.05) is 49.3 Å². The standard InChI is InChI=1S/C28H25ClN6O4S/c1-2-27(40(38,39)23-6-3-20(18-30)4-7-23)35-24-8-5-21(29)17-25(24)34(28(35)37)19-26(36)33-15-13-32(14-16-33)22-9-11-31-12-10-22/h2-12,17,27H,1,13-16,19H2. The highest BCUT2D eigenvalue weighted by molar-refractivity contribution is 7.91. The van der Waals surface area contributed by atoms with Crippen molar-refractivity contribution in [2.24, 2.45) is 0 Å². The molecule has 10 nitrogen and oxygen atoms in total. The molecule has 0 bridgehead atoms. The number of pyridine rings is 1. The van der Waals surface area contributed by atoms with Crippen LogP contribution in [-0.2, 0) is 21.2 Å². The molecule has 2 aromatic heterocycles. The number of nitrogens with zero attached hydrogens (tertiary/aromatic N) is 6. The summed E-state index contributed by atoms with van der Waals surface area (Å²) in [5.41, 5.74) is 1.28. The van der Waals surface area contributed by atoms with Crippen molar-refractivity contribution in [1.82, 2.24) is 19.0 Å². The Morgan fingerprint density at radius 3 is 2.35 bits per heavy atom. The lowest BCUT2D eigenvalue weighted by molar-refractivity contribution is -0.132. The summed E-state index contributed by atoms with van der Waals surface area (Å²) in [5.74, 6) is -0.263. The molecular weight excluding hydrogens is 552 g/mol. The summed E-state index contributed by atoms with van der Waals surface area (Å²) in [5, 5.41) is 7.94. The highest BCUT2D eigenvalue weighted by Gasteiger charge is 2.32. The monoisotopic (exact) mass is 576 g/mol. The molecule has 1 fully saturated rings. The molecule has 3 heterocycles. The number of halogens is 1. The van der Waals surface area contributed by atoms with Gasteiger partial charge < -0.3 is 9.80 Å². The van der Waals surface area contributed by atoms with Gasteiger partial charge in [0.05, 0.1) is 27.6 Å². The minimum absolute atomic E-state index is 0.0682. The first-order valence-corrected chi connectivity index (χ1v) is 14.4. The molecule has 0 N–H and O–H groups in total. The topological polar surface area (TPSA) is 121 Å². The third-order valence-electron chi connectivity index (χ3n) is 6.96. The zero-order chi connectivity index (χ0) is 28.4. The van der Waals surface area contributed by atoms with Gasteiger partial charge in [-0.25, -0.2) is 13.2 Å². The average Bonchev–Trinajstić information content (AvgIpc) is 3.23. The molecule has 0 aliphatic carbocycles. The van der Waals surface area contributed by atoms with Crippen molar-refractivity contribution in [2.75, 3.05) is 31.1 Å². The lowest BCUT2D eigenvalue weighted by atomic mass is 10.2. The van der Waals surface area contributed by atoms with Crippen molar-refractivity contribution < 1.29 is 13.2 Å². The fraction of sp³-hybridized carbons (Fsp3) is 0.214. The van der Waals surface area contributed by atoms with Crippen LogP contribution in [0, 0.1) is 11.3 Å². The minimum Gasteiger partial charge on any atom is -0.368 e. The van der Waals surface area contributed by atoms with E-state index in [1.807, 2.05) is 18.2 Å². The molecule has 1 aliphatic rings. The number of imidazole rings is 1. The number of carbonyl (C=O) groups is 1. The van der Waals surface area contributed by atoms with Gasteiger partial charge in [0.25, 0.3) is 0 Å². The van der Waals surface area contributed by atoms with Crippen LogP contribution in [0.15, 0.2) is 89.3 Å². The van der Waals surface area contributed by atoms with Gasteiger partial charge >= 0.3 is 5.69 Å². The van der Waals surface area contributed by atoms with Crippen LogP contribution in [0.1, 0.15) is 10.9 Å². The van der Waals surface area contributed by atoms with E-state index in [9.17, 15) is 18.0 Å². The molecule has 1 unspecified atom stereocenters. The Labute approximate surface area is 235 Å². The second kappa shape index (κ2) is 11.0. The van der Waals surface area contributed by atoms with E-state index in [1.54, 1.807) is 29.4 Å². The highest BCUT2D eigenvalue weighted by atomic mass is 35.5. The molecule has 40 heavy (non-hydrogen) atoms. The minimum atomic E-state index is -4.14. The largest absolute Gasteiger partial charge is 0.368 e. The fourth-order valence-corrected chi connectivity index (χ4v) is 6.58. The van der Waals surface area contributed by atoms with Crippen molar-refractivity contribution in [1.29, 1.82) is 5.26 Å². The second-order valence-corrected chi connectivity index (χ2v) is 11.7. The SMILES string of the molecule is C=CC(n1c(=O)n(CC(=O)N2CCN(c3ccncc3)CC2)c2cc(Cl)ccc21)S(=O)(=O)c1ccc(C#N)cc1. The number of fused-ring (bicyclic) bond motifs is 1. The molecule has 0 spiro atoms. The second-order valence-electron chi connectivity index (χ2n) is 9.25. The van der Waals surface area contributed by atoms with Gasteiger partial charge in [-0.1, -0.05) is 24.3 Å². The molecule has 1 atom stereocenters. The number of hydrogen-bond donors (Lipinski definition) is 0. The van der Waals surface area contributed by atoms with E-state index < -0.39 is 20.9 Å². The quantitative estimate of drug-likeness (QED) is 0.310. The van der Waals surface area contributed by atoms with Crippen LogP contribution in [0.3, 0.4) is 0 Å². The predicted octanol–water partition coefficient (Wildman–Crippen LogP) is 3.23. The fourth-order valence-electron chi connectivity index (χ4n) is 4.88. The number of hydrogen-bond acceptors (Lipinski definition) is 7. The van der Waals surface area contributed by atoms with Crippen molar-refractivity contribution in [2.45, 2.75) is 16.8 Å². The summed E-state index contributed by atoms with van der Waals surface area (Å²) in [7, 11) is -4.14. The van der Waals surface area contributed by atoms with E-state index in [1.165, 1.54) is 41.0 Å². The van der Waals surface area contributed by atoms with E-state index >= 15 is 0 Å². The Kier molecular flexibility index (Phi) is 7.47. The molecule has 1 aliphatic heterocycles. The number of carbonyl (C=O) groups excluding carboxylic acids is 1. The third-order valence-corrected chi connectivity index (χ3v) is 9.17. The number of sulfone groups is 1. The molecular formula is C28H25ClN6O4S. The third kappa shape index (κ3) is 4.99. The van der Waals surface area contributed by atoms with E-state index in [4.69, 9.17) is 16.9 Å². The summed E-state index contributed by atoms with van der Waals surface area (Å²) in [6.07, 6.45) is 4.62. The zero-order valence-corrected chi connectivity index (χ0v) is 22.9. The molecule has 0 radical (unpaired) electrons. The number of benzene rings is 2. The lowest BCUT2D eigenvalue weighted by Crippen LogP contribution is -2.50. The van der Waals surface area contributed by atoms with Crippen LogP contribution >= 0.6 is 11.6 Å². The molecule has 12 heteroatoms.